The molecule has 1 N–H and O–H groups in total. The van der Waals surface area contributed by atoms with E-state index < -0.39 is 12.1 Å². The van der Waals surface area contributed by atoms with Crippen LogP contribution in [0.5, 0.6) is 0 Å². The molecule has 0 bridgehead atoms. The van der Waals surface area contributed by atoms with Crippen LogP contribution < -0.4 is 5.32 Å². The molecule has 1 heterocycles. The maximum Gasteiger partial charge on any atom is 0.325 e. The van der Waals surface area contributed by atoms with Crippen molar-refractivity contribution >= 4 is 17.8 Å². The van der Waals surface area contributed by atoms with E-state index in [0.717, 1.165) is 11.3 Å². The summed E-state index contributed by atoms with van der Waals surface area (Å²) in [6.07, 6.45) is 1.31. The van der Waals surface area contributed by atoms with Gasteiger partial charge in [-0.05, 0) is 24.1 Å². The van der Waals surface area contributed by atoms with Crippen LogP contribution in [-0.2, 0) is 16.1 Å². The molecule has 1 aromatic rings. The Morgan fingerprint density at radius 1 is 1.39 bits per heavy atom. The van der Waals surface area contributed by atoms with Gasteiger partial charge in [0.05, 0.1) is 0 Å². The van der Waals surface area contributed by atoms with Gasteiger partial charge in [0.1, 0.15) is 18.4 Å². The van der Waals surface area contributed by atoms with Crippen molar-refractivity contribution in [3.05, 3.63) is 35.6 Å². The molecule has 124 valence electrons. The smallest absolute Gasteiger partial charge is 0.325 e. The van der Waals surface area contributed by atoms with Crippen LogP contribution in [0, 0.1) is 5.82 Å². The second kappa shape index (κ2) is 7.21. The molecule has 23 heavy (non-hydrogen) atoms. The molecule has 1 aromatic carbocycles. The Labute approximate surface area is 134 Å². The molecule has 0 aliphatic carbocycles. The molecular formula is C16H20FN3O3. The maximum absolute atomic E-state index is 13.2. The van der Waals surface area contributed by atoms with Crippen LogP contribution in [0.2, 0.25) is 0 Å². The lowest BCUT2D eigenvalue weighted by Crippen LogP contribution is -2.41. The first-order valence-electron chi connectivity index (χ1n) is 7.52. The third kappa shape index (κ3) is 4.06. The van der Waals surface area contributed by atoms with Crippen molar-refractivity contribution in [1.82, 2.24) is 15.1 Å². The predicted octanol–water partition coefficient (Wildman–Crippen LogP) is 1.50. The fraction of sp³-hybridized carbons (Fsp3) is 0.438. The molecule has 1 fully saturated rings. The summed E-state index contributed by atoms with van der Waals surface area (Å²) in [7, 11) is 1.55. The molecule has 6 nitrogen and oxygen atoms in total. The second-order valence-electron chi connectivity index (χ2n) is 5.59. The van der Waals surface area contributed by atoms with E-state index in [1.807, 2.05) is 6.92 Å². The van der Waals surface area contributed by atoms with Crippen molar-refractivity contribution in [1.29, 1.82) is 0 Å². The van der Waals surface area contributed by atoms with E-state index in [1.165, 1.54) is 17.0 Å². The minimum atomic E-state index is -0.547. The van der Waals surface area contributed by atoms with Crippen LogP contribution in [-0.4, -0.2) is 47.3 Å². The molecule has 1 atom stereocenters. The highest BCUT2D eigenvalue weighted by Crippen LogP contribution is 2.12. The van der Waals surface area contributed by atoms with Gasteiger partial charge in [0.2, 0.25) is 5.91 Å². The number of nitrogens with zero attached hydrogens (tertiary/aromatic N) is 2. The van der Waals surface area contributed by atoms with Crippen LogP contribution >= 0.6 is 0 Å². The van der Waals surface area contributed by atoms with Gasteiger partial charge in [0.25, 0.3) is 5.91 Å². The van der Waals surface area contributed by atoms with E-state index >= 15 is 0 Å². The van der Waals surface area contributed by atoms with Gasteiger partial charge in [0.15, 0.2) is 0 Å². The summed E-state index contributed by atoms with van der Waals surface area (Å²) in [5.74, 6) is -1.13. The van der Waals surface area contributed by atoms with Crippen LogP contribution in [0.4, 0.5) is 9.18 Å². The number of benzene rings is 1. The monoisotopic (exact) mass is 321 g/mol. The Hall–Kier alpha value is -2.44. The van der Waals surface area contributed by atoms with E-state index in [1.54, 1.807) is 19.2 Å². The topological polar surface area (TPSA) is 69.7 Å². The fourth-order valence-electron chi connectivity index (χ4n) is 2.46. The average Bonchev–Trinajstić information content (AvgIpc) is 2.75. The molecule has 1 aliphatic heterocycles. The van der Waals surface area contributed by atoms with Gasteiger partial charge in [-0.25, -0.2) is 9.18 Å². The van der Waals surface area contributed by atoms with E-state index in [4.69, 9.17) is 0 Å². The van der Waals surface area contributed by atoms with Gasteiger partial charge in [-0.15, -0.1) is 0 Å². The minimum Gasteiger partial charge on any atom is -0.340 e. The first-order chi connectivity index (χ1) is 10.9. The Morgan fingerprint density at radius 3 is 2.78 bits per heavy atom. The summed E-state index contributed by atoms with van der Waals surface area (Å²) in [5.41, 5.74) is 0.641. The number of amides is 4. The van der Waals surface area contributed by atoms with Crippen LogP contribution in [0.3, 0.4) is 0 Å². The summed E-state index contributed by atoms with van der Waals surface area (Å²) in [6, 6.07) is 4.85. The Balaban J connectivity index is 1.95. The van der Waals surface area contributed by atoms with Crippen molar-refractivity contribution in [2.75, 3.05) is 13.6 Å². The highest BCUT2D eigenvalue weighted by molar-refractivity contribution is 6.06. The number of imide groups is 1. The molecule has 4 amide bonds. The largest absolute Gasteiger partial charge is 0.340 e. The number of carbonyl (C=O) groups is 3. The van der Waals surface area contributed by atoms with Gasteiger partial charge in [-0.2, -0.15) is 0 Å². The zero-order chi connectivity index (χ0) is 17.0. The first kappa shape index (κ1) is 16.9. The molecule has 0 aromatic heterocycles. The van der Waals surface area contributed by atoms with Crippen LogP contribution in [0.25, 0.3) is 0 Å². The number of hydrogen-bond acceptors (Lipinski definition) is 3. The fourth-order valence-corrected chi connectivity index (χ4v) is 2.46. The van der Waals surface area contributed by atoms with E-state index in [9.17, 15) is 18.8 Å². The van der Waals surface area contributed by atoms with E-state index in [0.29, 0.717) is 12.0 Å². The average molecular weight is 321 g/mol. The van der Waals surface area contributed by atoms with Crippen LogP contribution in [0.1, 0.15) is 25.3 Å². The quantitative estimate of drug-likeness (QED) is 0.807. The lowest BCUT2D eigenvalue weighted by molar-refractivity contribution is -0.136. The summed E-state index contributed by atoms with van der Waals surface area (Å²) < 4.78 is 13.2. The molecule has 1 saturated heterocycles. The molecule has 7 heteroatoms. The minimum absolute atomic E-state index is 0.207. The van der Waals surface area contributed by atoms with Gasteiger partial charge >= 0.3 is 6.03 Å². The third-order valence-electron chi connectivity index (χ3n) is 3.71. The predicted molar refractivity (Wildman–Crippen MR) is 81.8 cm³/mol. The molecule has 1 aliphatic rings. The van der Waals surface area contributed by atoms with Gasteiger partial charge in [0, 0.05) is 13.6 Å². The summed E-state index contributed by atoms with van der Waals surface area (Å²) >= 11 is 0. The number of likely N-dealkylation sites (N-methyl/N-ethyl adjacent to an activating group) is 1. The lowest BCUT2D eigenvalue weighted by Gasteiger charge is -2.20. The number of halogens is 1. The molecule has 0 saturated carbocycles. The normalized spacial score (nSPS) is 17.3. The zero-order valence-electron chi connectivity index (χ0n) is 13.2. The Morgan fingerprint density at radius 2 is 2.13 bits per heavy atom. The van der Waals surface area contributed by atoms with Crippen LogP contribution in [0.15, 0.2) is 24.3 Å². The van der Waals surface area contributed by atoms with Crippen molar-refractivity contribution in [3.63, 3.8) is 0 Å². The summed E-state index contributed by atoms with van der Waals surface area (Å²) in [5, 5.41) is 2.57. The van der Waals surface area contributed by atoms with Crippen molar-refractivity contribution in [2.24, 2.45) is 0 Å². The Bertz CT molecular complexity index is 620. The number of rotatable bonds is 6. The van der Waals surface area contributed by atoms with Gasteiger partial charge < -0.3 is 10.2 Å². The van der Waals surface area contributed by atoms with E-state index in [-0.39, 0.29) is 30.7 Å². The summed E-state index contributed by atoms with van der Waals surface area (Å²) in [4.78, 5) is 38.4. The highest BCUT2D eigenvalue weighted by atomic mass is 19.1. The van der Waals surface area contributed by atoms with Gasteiger partial charge in [-0.1, -0.05) is 25.5 Å². The first-order valence-corrected chi connectivity index (χ1v) is 7.52. The number of urea groups is 1. The molecule has 0 spiro atoms. The van der Waals surface area contributed by atoms with Gasteiger partial charge in [-0.3, -0.25) is 14.5 Å². The van der Waals surface area contributed by atoms with Crippen molar-refractivity contribution < 1.29 is 18.8 Å². The molecule has 1 unspecified atom stereocenters. The second-order valence-corrected chi connectivity index (χ2v) is 5.59. The van der Waals surface area contributed by atoms with Crippen molar-refractivity contribution in [3.8, 4) is 0 Å². The maximum atomic E-state index is 13.2. The highest BCUT2D eigenvalue weighted by Gasteiger charge is 2.38. The molecule has 2 rings (SSSR count). The molecule has 0 radical (unpaired) electrons. The number of nitrogens with one attached hydrogen (secondary N) is 1. The van der Waals surface area contributed by atoms with E-state index in [2.05, 4.69) is 5.32 Å². The number of hydrogen-bond donors (Lipinski definition) is 1. The Kier molecular flexibility index (Phi) is 5.31. The lowest BCUT2D eigenvalue weighted by atomic mass is 10.1. The third-order valence-corrected chi connectivity index (χ3v) is 3.71. The standard InChI is InChI=1S/C16H20FN3O3/c1-3-5-13-15(22)20(16(23)18-13)10-14(21)19(2)9-11-6-4-7-12(17)8-11/h4,6-8,13H,3,5,9-10H2,1-2H3,(H,18,23). The molecular weight excluding hydrogens is 301 g/mol. The SMILES string of the molecule is CCCC1NC(=O)N(CC(=O)N(C)Cc2cccc(F)c2)C1=O. The summed E-state index contributed by atoms with van der Waals surface area (Å²) in [6.45, 7) is 1.81. The van der Waals surface area contributed by atoms with Crippen molar-refractivity contribution in [2.45, 2.75) is 32.4 Å². The zero-order valence-corrected chi connectivity index (χ0v) is 13.2. The number of carbonyl (C=O) groups excluding carboxylic acids is 3.